The number of nitrogens with one attached hydrogen (secondary N) is 3. The van der Waals surface area contributed by atoms with Gasteiger partial charge in [0.2, 0.25) is 17.7 Å². The summed E-state index contributed by atoms with van der Waals surface area (Å²) in [5.74, 6) is -3.76. The number of imidazole rings is 1. The summed E-state index contributed by atoms with van der Waals surface area (Å²) in [4.78, 5) is 64.6. The Bertz CT molecular complexity index is 2660. The molecule has 3 fully saturated rings. The largest absolute Gasteiger partial charge is 0.487 e. The van der Waals surface area contributed by atoms with Crippen molar-refractivity contribution in [3.63, 3.8) is 0 Å². The molecule has 0 spiro atoms. The van der Waals surface area contributed by atoms with Crippen molar-refractivity contribution in [3.05, 3.63) is 94.4 Å². The second-order valence-electron chi connectivity index (χ2n) is 14.4. The van der Waals surface area contributed by atoms with Crippen LogP contribution in [0.3, 0.4) is 0 Å². The Morgan fingerprint density at radius 2 is 1.68 bits per heavy atom. The molecule has 1 unspecified atom stereocenters. The number of imide groups is 1. The third-order valence-electron chi connectivity index (χ3n) is 10.7. The highest BCUT2D eigenvalue weighted by Crippen LogP contribution is 2.40. The van der Waals surface area contributed by atoms with E-state index in [1.165, 1.54) is 34.4 Å². The zero-order valence-electron chi connectivity index (χ0n) is 30.6. The number of carbonyl (C=O) groups excluding carboxylic acids is 4. The number of amides is 4. The number of aromatic nitrogens is 2. The van der Waals surface area contributed by atoms with Gasteiger partial charge in [0.1, 0.15) is 36.1 Å². The normalized spacial score (nSPS) is 18.6. The Labute approximate surface area is 324 Å². The number of aryl methyl sites for hydroxylation is 1. The lowest BCUT2D eigenvalue weighted by Gasteiger charge is -2.33. The molecular formula is C39H37F2N7O8S. The number of carbonyl (C=O) groups is 4. The van der Waals surface area contributed by atoms with Crippen LogP contribution in [0.25, 0.3) is 21.8 Å². The van der Waals surface area contributed by atoms with E-state index < -0.39 is 63.5 Å². The van der Waals surface area contributed by atoms with Crippen LogP contribution < -0.4 is 35.0 Å². The van der Waals surface area contributed by atoms with E-state index in [1.54, 1.807) is 42.5 Å². The van der Waals surface area contributed by atoms with Crippen molar-refractivity contribution in [3.8, 4) is 5.75 Å². The lowest BCUT2D eigenvalue weighted by atomic mass is 9.92. The minimum atomic E-state index is -4.36. The number of nitrogens with zero attached hydrogens (tertiary/aromatic N) is 4. The van der Waals surface area contributed by atoms with Gasteiger partial charge in [-0.15, -0.1) is 0 Å². The van der Waals surface area contributed by atoms with Crippen LogP contribution in [0.5, 0.6) is 5.75 Å². The van der Waals surface area contributed by atoms with Crippen LogP contribution in [0, 0.1) is 17.6 Å². The SMILES string of the molecule is Cn1c(=O)n(C2CCC(=O)NC2=O)c2ccc(N3CCC(CC(=O)Nc4ccc5c(F)c(N6CC(=O)NS6(=O)=O)c(OCc6ccccc6)cc5c4)CC3)c(F)c21. The molecular weight excluding hydrogens is 765 g/mol. The third-order valence-corrected chi connectivity index (χ3v) is 12.1. The lowest BCUT2D eigenvalue weighted by Crippen LogP contribution is -2.44. The second kappa shape index (κ2) is 14.6. The van der Waals surface area contributed by atoms with Gasteiger partial charge in [-0.25, -0.2) is 22.6 Å². The van der Waals surface area contributed by atoms with E-state index in [9.17, 15) is 32.4 Å². The number of hydrogen-bond acceptors (Lipinski definition) is 9. The molecule has 296 valence electrons. The number of ether oxygens (including phenoxy) is 1. The summed E-state index contributed by atoms with van der Waals surface area (Å²) >= 11 is 0. The average molecular weight is 802 g/mol. The predicted molar refractivity (Wildman–Crippen MR) is 206 cm³/mol. The van der Waals surface area contributed by atoms with Crippen molar-refractivity contribution in [2.24, 2.45) is 13.0 Å². The number of halogens is 2. The number of hydrogen-bond donors (Lipinski definition) is 3. The maximum Gasteiger partial charge on any atom is 0.329 e. The summed E-state index contributed by atoms with van der Waals surface area (Å²) in [7, 11) is -2.92. The highest BCUT2D eigenvalue weighted by atomic mass is 32.2. The highest BCUT2D eigenvalue weighted by molar-refractivity contribution is 7.92. The van der Waals surface area contributed by atoms with Crippen LogP contribution >= 0.6 is 0 Å². The molecule has 3 saturated heterocycles. The van der Waals surface area contributed by atoms with Crippen molar-refractivity contribution in [2.75, 3.05) is 34.2 Å². The Hall–Kier alpha value is -6.30. The summed E-state index contributed by atoms with van der Waals surface area (Å²) in [6, 6.07) is 17.2. The first-order chi connectivity index (χ1) is 27.3. The second-order valence-corrected chi connectivity index (χ2v) is 16.0. The summed E-state index contributed by atoms with van der Waals surface area (Å²) in [5, 5.41) is 5.49. The first-order valence-electron chi connectivity index (χ1n) is 18.3. The maximum absolute atomic E-state index is 16.2. The standard InChI is InChI=1S/C39H37F2N7O8S/c1-45-36-28(48(39(45)53)29-11-12-31(49)43-38(29)52)10-9-27(35(36)41)46-15-13-22(14-16-46)17-32(50)42-25-7-8-26-24(18-25)19-30(56-21-23-5-3-2-4-6-23)37(34(26)40)47-20-33(51)44-57(47,54)55/h2-10,18-19,22,29H,11-17,20-21H2,1H3,(H,42,50)(H,44,51)(H,43,49,52). The Morgan fingerprint density at radius 3 is 2.39 bits per heavy atom. The van der Waals surface area contributed by atoms with Gasteiger partial charge in [0.05, 0.1) is 11.2 Å². The van der Waals surface area contributed by atoms with E-state index in [0.29, 0.717) is 47.0 Å². The van der Waals surface area contributed by atoms with Gasteiger partial charge in [0, 0.05) is 44.1 Å². The monoisotopic (exact) mass is 801 g/mol. The number of fused-ring (bicyclic) bond motifs is 2. The van der Waals surface area contributed by atoms with Gasteiger partial charge in [-0.3, -0.25) is 33.6 Å². The Balaban J connectivity index is 0.958. The van der Waals surface area contributed by atoms with Crippen LogP contribution in [0.4, 0.5) is 25.8 Å². The maximum atomic E-state index is 16.2. The molecule has 5 aromatic rings. The molecule has 0 radical (unpaired) electrons. The molecule has 3 N–H and O–H groups in total. The van der Waals surface area contributed by atoms with E-state index in [4.69, 9.17) is 4.74 Å². The molecule has 3 aliphatic rings. The van der Waals surface area contributed by atoms with Gasteiger partial charge in [-0.05, 0) is 72.5 Å². The van der Waals surface area contributed by atoms with E-state index in [-0.39, 0.29) is 59.9 Å². The number of rotatable bonds is 9. The third kappa shape index (κ3) is 7.04. The lowest BCUT2D eigenvalue weighted by molar-refractivity contribution is -0.135. The fourth-order valence-electron chi connectivity index (χ4n) is 7.87. The number of benzene rings is 4. The molecule has 4 heterocycles. The van der Waals surface area contributed by atoms with Crippen LogP contribution in [-0.2, 0) is 43.0 Å². The van der Waals surface area contributed by atoms with Crippen LogP contribution in [0.1, 0.15) is 43.7 Å². The zero-order chi connectivity index (χ0) is 40.2. The first-order valence-corrected chi connectivity index (χ1v) is 19.8. The van der Waals surface area contributed by atoms with Crippen LogP contribution in [0.2, 0.25) is 0 Å². The summed E-state index contributed by atoms with van der Waals surface area (Å²) in [5.41, 5.74) is 0.756. The van der Waals surface area contributed by atoms with Crippen LogP contribution in [-0.4, -0.2) is 60.8 Å². The zero-order valence-corrected chi connectivity index (χ0v) is 31.4. The van der Waals surface area contributed by atoms with Gasteiger partial charge in [0.15, 0.2) is 11.6 Å². The molecule has 4 amide bonds. The van der Waals surface area contributed by atoms with Gasteiger partial charge in [0.25, 0.3) is 5.91 Å². The Kier molecular flexibility index (Phi) is 9.67. The summed E-state index contributed by atoms with van der Waals surface area (Å²) < 4.78 is 68.6. The summed E-state index contributed by atoms with van der Waals surface area (Å²) in [6.45, 7) is 0.256. The topological polar surface area (TPSA) is 181 Å². The minimum Gasteiger partial charge on any atom is -0.487 e. The van der Waals surface area contributed by atoms with Crippen LogP contribution in [0.15, 0.2) is 71.5 Å². The van der Waals surface area contributed by atoms with Gasteiger partial charge < -0.3 is 15.0 Å². The fourth-order valence-corrected chi connectivity index (χ4v) is 9.03. The molecule has 18 heteroatoms. The molecule has 0 bridgehead atoms. The molecule has 4 aromatic carbocycles. The fraction of sp³-hybridized carbons (Fsp3) is 0.308. The first kappa shape index (κ1) is 37.6. The smallest absolute Gasteiger partial charge is 0.329 e. The quantitative estimate of drug-likeness (QED) is 0.187. The van der Waals surface area contributed by atoms with E-state index in [2.05, 4.69) is 10.6 Å². The number of piperidine rings is 2. The van der Waals surface area contributed by atoms with Gasteiger partial charge in [-0.2, -0.15) is 8.42 Å². The van der Waals surface area contributed by atoms with E-state index in [0.717, 1.165) is 5.56 Å². The van der Waals surface area contributed by atoms with Crippen molar-refractivity contribution < 1.29 is 41.1 Å². The van der Waals surface area contributed by atoms with E-state index in [1.807, 2.05) is 15.7 Å². The summed E-state index contributed by atoms with van der Waals surface area (Å²) in [6.07, 6.45) is 1.52. The molecule has 8 rings (SSSR count). The molecule has 3 aliphatic heterocycles. The van der Waals surface area contributed by atoms with Crippen molar-refractivity contribution in [1.29, 1.82) is 0 Å². The van der Waals surface area contributed by atoms with Crippen molar-refractivity contribution >= 4 is 72.7 Å². The molecule has 0 aliphatic carbocycles. The van der Waals surface area contributed by atoms with Crippen molar-refractivity contribution in [2.45, 2.75) is 44.8 Å². The Morgan fingerprint density at radius 1 is 0.930 bits per heavy atom. The number of anilines is 3. The molecule has 57 heavy (non-hydrogen) atoms. The molecule has 1 atom stereocenters. The molecule has 1 aromatic heterocycles. The van der Waals surface area contributed by atoms with Crippen molar-refractivity contribution in [1.82, 2.24) is 19.2 Å². The van der Waals surface area contributed by atoms with E-state index >= 15 is 8.78 Å². The predicted octanol–water partition coefficient (Wildman–Crippen LogP) is 3.75. The van der Waals surface area contributed by atoms with Gasteiger partial charge >= 0.3 is 15.9 Å². The minimum absolute atomic E-state index is 0.0116. The molecule has 0 saturated carbocycles. The van der Waals surface area contributed by atoms with Gasteiger partial charge in [-0.1, -0.05) is 30.3 Å². The highest BCUT2D eigenvalue weighted by Gasteiger charge is 2.38. The molecule has 15 nitrogen and oxygen atoms in total. The average Bonchev–Trinajstić information content (AvgIpc) is 3.60.